The number of nitrogens with one attached hydrogen (secondary N) is 1. The predicted molar refractivity (Wildman–Crippen MR) is 112 cm³/mol. The molecule has 1 amide bonds. The van der Waals surface area contributed by atoms with Crippen LogP contribution in [0.1, 0.15) is 17.0 Å². The molecule has 0 unspecified atom stereocenters. The summed E-state index contributed by atoms with van der Waals surface area (Å²) < 4.78 is 10.9. The van der Waals surface area contributed by atoms with Gasteiger partial charge in [-0.25, -0.2) is 0 Å². The molecule has 0 saturated heterocycles. The fraction of sp³-hybridized carbons (Fsp3) is 0.136. The molecule has 0 aliphatic heterocycles. The number of anilines is 1. The van der Waals surface area contributed by atoms with E-state index in [0.717, 1.165) is 16.0 Å². The molecule has 2 heterocycles. The monoisotopic (exact) mass is 405 g/mol. The topological polar surface area (TPSA) is 77.2 Å². The normalized spacial score (nSPS) is 10.7. The summed E-state index contributed by atoms with van der Waals surface area (Å²) in [5, 5.41) is 8.90. The Balaban J connectivity index is 1.41. The van der Waals surface area contributed by atoms with Crippen LogP contribution in [0, 0.1) is 6.92 Å². The zero-order valence-corrected chi connectivity index (χ0v) is 16.6. The van der Waals surface area contributed by atoms with E-state index in [4.69, 9.17) is 9.26 Å². The van der Waals surface area contributed by atoms with Crippen molar-refractivity contribution in [3.63, 3.8) is 0 Å². The number of aryl methyl sites for hydroxylation is 1. The predicted octanol–water partition coefficient (Wildman–Crippen LogP) is 4.71. The van der Waals surface area contributed by atoms with Gasteiger partial charge in [-0.15, -0.1) is 11.3 Å². The van der Waals surface area contributed by atoms with E-state index in [-0.39, 0.29) is 12.5 Å². The number of rotatable bonds is 7. The maximum atomic E-state index is 12.3. The second kappa shape index (κ2) is 8.70. The van der Waals surface area contributed by atoms with Crippen LogP contribution in [0.3, 0.4) is 0 Å². The number of nitrogens with zero attached hydrogens (tertiary/aromatic N) is 2. The highest BCUT2D eigenvalue weighted by molar-refractivity contribution is 7.13. The molecule has 2 aromatic heterocycles. The number of ether oxygens (including phenoxy) is 1. The van der Waals surface area contributed by atoms with Crippen LogP contribution < -0.4 is 10.1 Å². The molecular formula is C22H19N3O3S. The van der Waals surface area contributed by atoms with Crippen molar-refractivity contribution >= 4 is 22.9 Å². The number of para-hydroxylation sites is 1. The zero-order valence-electron chi connectivity index (χ0n) is 15.8. The van der Waals surface area contributed by atoms with Crippen LogP contribution in [0.5, 0.6) is 5.75 Å². The number of hydrogen-bond donors (Lipinski definition) is 1. The third-order valence-electron chi connectivity index (χ3n) is 4.20. The highest BCUT2D eigenvalue weighted by Gasteiger charge is 2.13. The van der Waals surface area contributed by atoms with Gasteiger partial charge < -0.3 is 14.6 Å². The van der Waals surface area contributed by atoms with Gasteiger partial charge in [-0.3, -0.25) is 4.79 Å². The van der Waals surface area contributed by atoms with Crippen LogP contribution in [0.25, 0.3) is 10.7 Å². The van der Waals surface area contributed by atoms with Crippen molar-refractivity contribution in [1.29, 1.82) is 0 Å². The largest absolute Gasteiger partial charge is 0.484 e. The number of carbonyl (C=O) groups excluding carboxylic acids is 1. The standard InChI is InChI=1S/C22H19N3O3S/c1-15-6-4-8-17(12-15)27-14-20(26)23-18-9-3-2-7-16(18)13-21-24-22(25-28-21)19-10-5-11-29-19/h2-12H,13-14H2,1H3,(H,23,26). The molecule has 0 atom stereocenters. The lowest BCUT2D eigenvalue weighted by Crippen LogP contribution is -2.21. The molecule has 4 rings (SSSR count). The first kappa shape index (κ1) is 18.9. The summed E-state index contributed by atoms with van der Waals surface area (Å²) in [6, 6.07) is 19.0. The van der Waals surface area contributed by atoms with Crippen molar-refractivity contribution in [3.05, 3.63) is 83.1 Å². The summed E-state index contributed by atoms with van der Waals surface area (Å²) in [7, 11) is 0. The molecule has 0 bridgehead atoms. The van der Waals surface area contributed by atoms with Crippen molar-refractivity contribution in [1.82, 2.24) is 10.1 Å². The van der Waals surface area contributed by atoms with Gasteiger partial charge in [-0.05, 0) is 47.7 Å². The Morgan fingerprint density at radius 2 is 2.03 bits per heavy atom. The maximum absolute atomic E-state index is 12.3. The summed E-state index contributed by atoms with van der Waals surface area (Å²) >= 11 is 1.56. The average Bonchev–Trinajstić information content (AvgIpc) is 3.40. The number of thiophene rings is 1. The average molecular weight is 405 g/mol. The molecule has 0 saturated carbocycles. The van der Waals surface area contributed by atoms with E-state index in [1.165, 1.54) is 0 Å². The third-order valence-corrected chi connectivity index (χ3v) is 5.07. The molecule has 7 heteroatoms. The Bertz CT molecular complexity index is 1110. The van der Waals surface area contributed by atoms with E-state index < -0.39 is 0 Å². The van der Waals surface area contributed by atoms with Gasteiger partial charge in [0.2, 0.25) is 11.7 Å². The first-order valence-corrected chi connectivity index (χ1v) is 9.99. The van der Waals surface area contributed by atoms with Crippen molar-refractivity contribution in [2.45, 2.75) is 13.3 Å². The first-order valence-electron chi connectivity index (χ1n) is 9.11. The van der Waals surface area contributed by atoms with E-state index >= 15 is 0 Å². The summed E-state index contributed by atoms with van der Waals surface area (Å²) in [6.07, 6.45) is 0.424. The quantitative estimate of drug-likeness (QED) is 0.482. The van der Waals surface area contributed by atoms with Gasteiger partial charge in [0.25, 0.3) is 5.91 Å². The lowest BCUT2D eigenvalue weighted by molar-refractivity contribution is -0.118. The molecule has 29 heavy (non-hydrogen) atoms. The number of aromatic nitrogens is 2. The van der Waals surface area contributed by atoms with Gasteiger partial charge >= 0.3 is 0 Å². The maximum Gasteiger partial charge on any atom is 0.262 e. The Hall–Kier alpha value is -3.45. The minimum Gasteiger partial charge on any atom is -0.484 e. The van der Waals surface area contributed by atoms with E-state index in [2.05, 4.69) is 15.5 Å². The zero-order chi connectivity index (χ0) is 20.1. The van der Waals surface area contributed by atoms with Crippen molar-refractivity contribution in [3.8, 4) is 16.5 Å². The van der Waals surface area contributed by atoms with Gasteiger partial charge in [0, 0.05) is 5.69 Å². The highest BCUT2D eigenvalue weighted by Crippen LogP contribution is 2.23. The van der Waals surface area contributed by atoms with Gasteiger partial charge in [0.1, 0.15) is 5.75 Å². The van der Waals surface area contributed by atoms with Gasteiger partial charge in [0.05, 0.1) is 11.3 Å². The SMILES string of the molecule is Cc1cccc(OCC(=O)Nc2ccccc2Cc2nc(-c3cccs3)no2)c1. The third kappa shape index (κ3) is 4.89. The number of hydrogen-bond acceptors (Lipinski definition) is 6. The van der Waals surface area contributed by atoms with E-state index in [0.29, 0.717) is 29.6 Å². The van der Waals surface area contributed by atoms with Crippen LogP contribution >= 0.6 is 11.3 Å². The number of carbonyl (C=O) groups is 1. The van der Waals surface area contributed by atoms with Crippen molar-refractivity contribution in [2.24, 2.45) is 0 Å². The molecule has 0 aliphatic rings. The molecule has 0 fully saturated rings. The van der Waals surface area contributed by atoms with E-state index in [1.54, 1.807) is 11.3 Å². The van der Waals surface area contributed by atoms with Gasteiger partial charge in [-0.1, -0.05) is 41.6 Å². The van der Waals surface area contributed by atoms with Gasteiger partial charge in [0.15, 0.2) is 6.61 Å². The van der Waals surface area contributed by atoms with Crippen LogP contribution in [0.4, 0.5) is 5.69 Å². The summed E-state index contributed by atoms with van der Waals surface area (Å²) in [5.74, 6) is 1.50. The summed E-state index contributed by atoms with van der Waals surface area (Å²) in [6.45, 7) is 1.91. The van der Waals surface area contributed by atoms with Crippen LogP contribution in [-0.2, 0) is 11.2 Å². The minimum absolute atomic E-state index is 0.0686. The molecule has 4 aromatic rings. The minimum atomic E-state index is -0.233. The molecule has 6 nitrogen and oxygen atoms in total. The van der Waals surface area contributed by atoms with Crippen molar-refractivity contribution < 1.29 is 14.1 Å². The highest BCUT2D eigenvalue weighted by atomic mass is 32.1. The first-order chi connectivity index (χ1) is 14.2. The second-order valence-corrected chi connectivity index (χ2v) is 7.42. The molecule has 146 valence electrons. The Morgan fingerprint density at radius 3 is 2.86 bits per heavy atom. The smallest absolute Gasteiger partial charge is 0.262 e. The number of benzene rings is 2. The Morgan fingerprint density at radius 1 is 1.14 bits per heavy atom. The molecule has 0 spiro atoms. The lowest BCUT2D eigenvalue weighted by Gasteiger charge is -2.11. The Labute approximate surface area is 172 Å². The van der Waals surface area contributed by atoms with E-state index in [9.17, 15) is 4.79 Å². The molecule has 0 radical (unpaired) electrons. The molecule has 0 aliphatic carbocycles. The lowest BCUT2D eigenvalue weighted by atomic mass is 10.1. The fourth-order valence-electron chi connectivity index (χ4n) is 2.83. The number of amides is 1. The molecule has 1 N–H and O–H groups in total. The summed E-state index contributed by atoms with van der Waals surface area (Å²) in [4.78, 5) is 17.8. The molecule has 2 aromatic carbocycles. The Kier molecular flexibility index (Phi) is 5.67. The molecular weight excluding hydrogens is 386 g/mol. The van der Waals surface area contributed by atoms with Crippen LogP contribution in [0.15, 0.2) is 70.6 Å². The van der Waals surface area contributed by atoms with Crippen molar-refractivity contribution in [2.75, 3.05) is 11.9 Å². The second-order valence-electron chi connectivity index (χ2n) is 6.48. The van der Waals surface area contributed by atoms with Gasteiger partial charge in [-0.2, -0.15) is 4.98 Å². The van der Waals surface area contributed by atoms with Crippen LogP contribution in [0.2, 0.25) is 0 Å². The fourth-order valence-corrected chi connectivity index (χ4v) is 3.48. The summed E-state index contributed by atoms with van der Waals surface area (Å²) in [5.41, 5.74) is 2.66. The van der Waals surface area contributed by atoms with E-state index in [1.807, 2.05) is 73.0 Å². The van der Waals surface area contributed by atoms with Crippen LogP contribution in [-0.4, -0.2) is 22.7 Å².